The fourth-order valence-electron chi connectivity index (χ4n) is 3.48. The molecule has 1 saturated heterocycles. The number of pyridine rings is 1. The summed E-state index contributed by atoms with van der Waals surface area (Å²) in [6.45, 7) is 6.74. The average Bonchev–Trinajstić information content (AvgIpc) is 3.11. The molecule has 0 atom stereocenters. The third kappa shape index (κ3) is 3.93. The molecule has 0 aliphatic carbocycles. The van der Waals surface area contributed by atoms with Gasteiger partial charge in [-0.15, -0.1) is 0 Å². The zero-order valence-corrected chi connectivity index (χ0v) is 15.5. The summed E-state index contributed by atoms with van der Waals surface area (Å²) in [5, 5.41) is 8.45. The van der Waals surface area contributed by atoms with E-state index in [-0.39, 0.29) is 5.91 Å². The standard InChI is InChI=1S/C20H24N6O/c1-2-26-18-13-17(7-6-16(18)14-22-26)23-20(27)15-24-9-11-25(12-10-24)19-5-3-4-8-21-19/h3-8,13-14H,2,9-12,15H2,1H3,(H,23,27). The van der Waals surface area contributed by atoms with Gasteiger partial charge in [0, 0.05) is 50.0 Å². The number of amides is 1. The molecule has 1 N–H and O–H groups in total. The molecule has 4 rings (SSSR count). The summed E-state index contributed by atoms with van der Waals surface area (Å²) >= 11 is 0. The van der Waals surface area contributed by atoms with Gasteiger partial charge in [-0.2, -0.15) is 5.10 Å². The second kappa shape index (κ2) is 7.75. The van der Waals surface area contributed by atoms with E-state index in [4.69, 9.17) is 0 Å². The zero-order valence-electron chi connectivity index (χ0n) is 15.5. The van der Waals surface area contributed by atoms with Crippen LogP contribution >= 0.6 is 0 Å². The highest BCUT2D eigenvalue weighted by atomic mass is 16.2. The summed E-state index contributed by atoms with van der Waals surface area (Å²) in [6, 6.07) is 11.9. The number of rotatable bonds is 5. The number of benzene rings is 1. The molecule has 1 aliphatic rings. The van der Waals surface area contributed by atoms with Gasteiger partial charge in [0.1, 0.15) is 5.82 Å². The van der Waals surface area contributed by atoms with Crippen LogP contribution in [0.5, 0.6) is 0 Å². The van der Waals surface area contributed by atoms with Gasteiger partial charge in [0.05, 0.1) is 18.3 Å². The molecule has 27 heavy (non-hydrogen) atoms. The topological polar surface area (TPSA) is 66.3 Å². The molecule has 140 valence electrons. The van der Waals surface area contributed by atoms with Gasteiger partial charge in [-0.05, 0) is 37.3 Å². The van der Waals surface area contributed by atoms with Crippen molar-refractivity contribution in [2.45, 2.75) is 13.5 Å². The molecule has 1 amide bonds. The Hall–Kier alpha value is -2.93. The number of hydrogen-bond acceptors (Lipinski definition) is 5. The van der Waals surface area contributed by atoms with Crippen molar-refractivity contribution >= 4 is 28.3 Å². The van der Waals surface area contributed by atoms with E-state index in [0.717, 1.165) is 55.1 Å². The van der Waals surface area contributed by atoms with E-state index in [1.54, 1.807) is 0 Å². The molecule has 7 nitrogen and oxygen atoms in total. The molecule has 0 spiro atoms. The first-order chi connectivity index (χ1) is 13.2. The van der Waals surface area contributed by atoms with Gasteiger partial charge in [0.2, 0.25) is 5.91 Å². The number of carbonyl (C=O) groups is 1. The largest absolute Gasteiger partial charge is 0.354 e. The molecule has 0 radical (unpaired) electrons. The van der Waals surface area contributed by atoms with Crippen LogP contribution in [0.1, 0.15) is 6.92 Å². The molecule has 3 heterocycles. The highest BCUT2D eigenvalue weighted by Gasteiger charge is 2.19. The zero-order chi connectivity index (χ0) is 18.6. The Morgan fingerprint density at radius 3 is 2.74 bits per heavy atom. The van der Waals surface area contributed by atoms with Crippen LogP contribution in [-0.4, -0.2) is 58.3 Å². The van der Waals surface area contributed by atoms with Gasteiger partial charge in [0.15, 0.2) is 0 Å². The van der Waals surface area contributed by atoms with Gasteiger partial charge in [0.25, 0.3) is 0 Å². The highest BCUT2D eigenvalue weighted by Crippen LogP contribution is 2.19. The van der Waals surface area contributed by atoms with Crippen LogP contribution in [0.15, 0.2) is 48.8 Å². The van der Waals surface area contributed by atoms with Crippen LogP contribution in [0.2, 0.25) is 0 Å². The quantitative estimate of drug-likeness (QED) is 0.752. The molecular weight excluding hydrogens is 340 g/mol. The Labute approximate surface area is 158 Å². The van der Waals surface area contributed by atoms with Crippen molar-refractivity contribution in [2.75, 3.05) is 42.9 Å². The second-order valence-electron chi connectivity index (χ2n) is 6.73. The Balaban J connectivity index is 1.32. The van der Waals surface area contributed by atoms with Gasteiger partial charge >= 0.3 is 0 Å². The van der Waals surface area contributed by atoms with Crippen molar-refractivity contribution in [3.8, 4) is 0 Å². The van der Waals surface area contributed by atoms with Crippen molar-refractivity contribution in [1.29, 1.82) is 0 Å². The number of piperazine rings is 1. The molecule has 3 aromatic rings. The van der Waals surface area contributed by atoms with Crippen molar-refractivity contribution in [1.82, 2.24) is 19.7 Å². The van der Waals surface area contributed by atoms with Gasteiger partial charge in [-0.1, -0.05) is 6.07 Å². The van der Waals surface area contributed by atoms with Gasteiger partial charge in [-0.3, -0.25) is 14.4 Å². The fourth-order valence-corrected chi connectivity index (χ4v) is 3.48. The highest BCUT2D eigenvalue weighted by molar-refractivity contribution is 5.94. The number of carbonyl (C=O) groups excluding carboxylic acids is 1. The van der Waals surface area contributed by atoms with E-state index in [9.17, 15) is 4.79 Å². The lowest BCUT2D eigenvalue weighted by atomic mass is 10.2. The third-order valence-corrected chi connectivity index (χ3v) is 4.94. The average molecular weight is 364 g/mol. The Morgan fingerprint density at radius 1 is 1.15 bits per heavy atom. The molecule has 7 heteroatoms. The minimum Gasteiger partial charge on any atom is -0.354 e. The normalized spacial score (nSPS) is 15.2. The first kappa shape index (κ1) is 17.5. The predicted octanol–water partition coefficient (Wildman–Crippen LogP) is 2.21. The van der Waals surface area contributed by atoms with E-state index >= 15 is 0 Å². The van der Waals surface area contributed by atoms with Crippen molar-refractivity contribution in [3.63, 3.8) is 0 Å². The Bertz CT molecular complexity index is 915. The summed E-state index contributed by atoms with van der Waals surface area (Å²) in [5.41, 5.74) is 1.86. The van der Waals surface area contributed by atoms with Crippen molar-refractivity contribution < 1.29 is 4.79 Å². The number of hydrogen-bond donors (Lipinski definition) is 1. The lowest BCUT2D eigenvalue weighted by Gasteiger charge is -2.34. The minimum absolute atomic E-state index is 0.0169. The molecule has 0 bridgehead atoms. The van der Waals surface area contributed by atoms with Crippen molar-refractivity contribution in [3.05, 3.63) is 48.8 Å². The monoisotopic (exact) mass is 364 g/mol. The summed E-state index contributed by atoms with van der Waals surface area (Å²) in [6.07, 6.45) is 3.67. The summed E-state index contributed by atoms with van der Waals surface area (Å²) in [5.74, 6) is 1.02. The number of nitrogens with zero attached hydrogens (tertiary/aromatic N) is 5. The van der Waals surface area contributed by atoms with Crippen molar-refractivity contribution in [2.24, 2.45) is 0 Å². The van der Waals surface area contributed by atoms with E-state index in [1.165, 1.54) is 0 Å². The summed E-state index contributed by atoms with van der Waals surface area (Å²) < 4.78 is 1.93. The first-order valence-electron chi connectivity index (χ1n) is 9.36. The smallest absolute Gasteiger partial charge is 0.238 e. The van der Waals surface area contributed by atoms with Gasteiger partial charge < -0.3 is 10.2 Å². The van der Waals surface area contributed by atoms with E-state index < -0.39 is 0 Å². The molecule has 0 saturated carbocycles. The maximum absolute atomic E-state index is 12.5. The van der Waals surface area contributed by atoms with E-state index in [2.05, 4.69) is 32.1 Å². The van der Waals surface area contributed by atoms with Crippen LogP contribution in [-0.2, 0) is 11.3 Å². The summed E-state index contributed by atoms with van der Waals surface area (Å²) in [7, 11) is 0. The predicted molar refractivity (Wildman–Crippen MR) is 107 cm³/mol. The number of anilines is 2. The van der Waals surface area contributed by atoms with E-state index in [0.29, 0.717) is 6.54 Å². The molecule has 0 unspecified atom stereocenters. The first-order valence-corrected chi connectivity index (χ1v) is 9.36. The van der Waals surface area contributed by atoms with Crippen LogP contribution in [0, 0.1) is 0 Å². The van der Waals surface area contributed by atoms with Crippen LogP contribution in [0.25, 0.3) is 10.9 Å². The second-order valence-corrected chi connectivity index (χ2v) is 6.73. The SMILES string of the molecule is CCn1ncc2ccc(NC(=O)CN3CCN(c4ccccn4)CC3)cc21. The van der Waals surface area contributed by atoms with E-state index in [1.807, 2.05) is 53.5 Å². The minimum atomic E-state index is 0.0169. The van der Waals surface area contributed by atoms with Gasteiger partial charge in [-0.25, -0.2) is 4.98 Å². The molecule has 1 fully saturated rings. The fraction of sp³-hybridized carbons (Fsp3) is 0.350. The number of nitrogens with one attached hydrogen (secondary N) is 1. The Kier molecular flexibility index (Phi) is 5.02. The lowest BCUT2D eigenvalue weighted by Crippen LogP contribution is -2.48. The van der Waals surface area contributed by atoms with Crippen LogP contribution in [0.4, 0.5) is 11.5 Å². The molecule has 2 aromatic heterocycles. The lowest BCUT2D eigenvalue weighted by molar-refractivity contribution is -0.117. The van der Waals surface area contributed by atoms with Crippen LogP contribution in [0.3, 0.4) is 0 Å². The number of aromatic nitrogens is 3. The number of aryl methyl sites for hydroxylation is 1. The van der Waals surface area contributed by atoms with Crippen LogP contribution < -0.4 is 10.2 Å². The maximum Gasteiger partial charge on any atom is 0.238 e. The molecule has 1 aromatic carbocycles. The maximum atomic E-state index is 12.5. The number of fused-ring (bicyclic) bond motifs is 1. The summed E-state index contributed by atoms with van der Waals surface area (Å²) in [4.78, 5) is 21.3. The molecule has 1 aliphatic heterocycles. The Morgan fingerprint density at radius 2 is 2.00 bits per heavy atom. The third-order valence-electron chi connectivity index (χ3n) is 4.94. The molecular formula is C20H24N6O.